The highest BCUT2D eigenvalue weighted by atomic mass is 32.2. The van der Waals surface area contributed by atoms with Gasteiger partial charge >= 0.3 is 0 Å². The topological polar surface area (TPSA) is 54.9 Å². The predicted molar refractivity (Wildman–Crippen MR) is 86.2 cm³/mol. The van der Waals surface area contributed by atoms with E-state index in [9.17, 15) is 4.79 Å². The lowest BCUT2D eigenvalue weighted by atomic mass is 10.1. The second kappa shape index (κ2) is 7.78. The fourth-order valence-corrected chi connectivity index (χ4v) is 2.37. The molecule has 5 heteroatoms. The van der Waals surface area contributed by atoms with Crippen LogP contribution in [0.15, 0.2) is 41.4 Å². The lowest BCUT2D eigenvalue weighted by molar-refractivity contribution is -0.118. The highest BCUT2D eigenvalue weighted by Gasteiger charge is 2.05. The number of aromatic nitrogens is 2. The monoisotopic (exact) mass is 301 g/mol. The van der Waals surface area contributed by atoms with Crippen LogP contribution in [0.3, 0.4) is 0 Å². The Morgan fingerprint density at radius 3 is 2.52 bits per heavy atom. The number of aryl methyl sites for hydroxylation is 1. The van der Waals surface area contributed by atoms with Crippen LogP contribution in [0.25, 0.3) is 11.3 Å². The maximum absolute atomic E-state index is 11.5. The molecular formula is C16H19N3OS. The number of nitrogens with zero attached hydrogens (tertiary/aromatic N) is 2. The largest absolute Gasteiger partial charge is 0.355 e. The average molecular weight is 301 g/mol. The highest BCUT2D eigenvalue weighted by Crippen LogP contribution is 2.20. The van der Waals surface area contributed by atoms with Crippen molar-refractivity contribution in [3.63, 3.8) is 0 Å². The number of hydrogen-bond donors (Lipinski definition) is 1. The molecule has 0 aliphatic carbocycles. The first-order chi connectivity index (χ1) is 10.2. The van der Waals surface area contributed by atoms with Crippen molar-refractivity contribution in [2.24, 2.45) is 0 Å². The molecule has 0 bridgehead atoms. The zero-order valence-electron chi connectivity index (χ0n) is 12.3. The Morgan fingerprint density at radius 2 is 1.90 bits per heavy atom. The van der Waals surface area contributed by atoms with Crippen LogP contribution in [0.4, 0.5) is 0 Å². The van der Waals surface area contributed by atoms with Crippen molar-refractivity contribution in [2.45, 2.75) is 25.3 Å². The van der Waals surface area contributed by atoms with Gasteiger partial charge in [0.15, 0.2) is 0 Å². The Balaban J connectivity index is 1.93. The lowest BCUT2D eigenvalue weighted by Crippen LogP contribution is -2.25. The average Bonchev–Trinajstić information content (AvgIpc) is 2.52. The summed E-state index contributed by atoms with van der Waals surface area (Å²) in [4.78, 5) is 11.5. The van der Waals surface area contributed by atoms with E-state index in [0.717, 1.165) is 29.2 Å². The molecule has 1 aromatic carbocycles. The minimum Gasteiger partial charge on any atom is -0.355 e. The number of nitrogens with one attached hydrogen (secondary N) is 1. The number of benzene rings is 1. The van der Waals surface area contributed by atoms with Crippen molar-refractivity contribution in [3.05, 3.63) is 42.0 Å². The van der Waals surface area contributed by atoms with Gasteiger partial charge in [-0.1, -0.05) is 48.5 Å². The summed E-state index contributed by atoms with van der Waals surface area (Å²) in [5, 5.41) is 12.0. The molecule has 21 heavy (non-hydrogen) atoms. The van der Waals surface area contributed by atoms with Crippen LogP contribution < -0.4 is 5.32 Å². The number of thioether (sulfide) groups is 1. The third-order valence-corrected chi connectivity index (χ3v) is 3.83. The smallest absolute Gasteiger partial charge is 0.230 e. The Morgan fingerprint density at radius 1 is 1.14 bits per heavy atom. The maximum atomic E-state index is 11.5. The molecule has 0 aliphatic rings. The van der Waals surface area contributed by atoms with E-state index in [1.54, 1.807) is 0 Å². The first kappa shape index (κ1) is 15.5. The van der Waals surface area contributed by atoms with E-state index in [1.807, 2.05) is 31.2 Å². The van der Waals surface area contributed by atoms with Gasteiger partial charge in [0.1, 0.15) is 5.03 Å². The van der Waals surface area contributed by atoms with Crippen LogP contribution in [-0.2, 0) is 4.79 Å². The molecule has 0 spiro atoms. The minimum atomic E-state index is 0.0336. The summed E-state index contributed by atoms with van der Waals surface area (Å²) in [5.74, 6) is 0.407. The second-order valence-electron chi connectivity index (χ2n) is 4.76. The van der Waals surface area contributed by atoms with Gasteiger partial charge in [-0.25, -0.2) is 0 Å². The molecule has 4 nitrogen and oxygen atoms in total. The van der Waals surface area contributed by atoms with Crippen LogP contribution in [0.5, 0.6) is 0 Å². The molecule has 1 N–H and O–H groups in total. The van der Waals surface area contributed by atoms with E-state index < -0.39 is 0 Å². The molecule has 0 aliphatic heterocycles. The summed E-state index contributed by atoms with van der Waals surface area (Å²) in [6, 6.07) is 12.0. The van der Waals surface area contributed by atoms with Gasteiger partial charge in [-0.05, 0) is 25.5 Å². The first-order valence-corrected chi connectivity index (χ1v) is 7.98. The predicted octanol–water partition coefficient (Wildman–Crippen LogP) is 3.07. The molecule has 2 rings (SSSR count). The second-order valence-corrected chi connectivity index (χ2v) is 5.76. The molecule has 110 valence electrons. The van der Waals surface area contributed by atoms with Gasteiger partial charge in [0, 0.05) is 12.1 Å². The molecule has 2 aromatic rings. The summed E-state index contributed by atoms with van der Waals surface area (Å²) in [5.41, 5.74) is 3.11. The molecule has 0 saturated carbocycles. The van der Waals surface area contributed by atoms with E-state index in [0.29, 0.717) is 5.75 Å². The summed E-state index contributed by atoms with van der Waals surface area (Å²) in [6.45, 7) is 4.80. The van der Waals surface area contributed by atoms with Crippen molar-refractivity contribution >= 4 is 17.7 Å². The van der Waals surface area contributed by atoms with Crippen LogP contribution in [0.1, 0.15) is 18.9 Å². The highest BCUT2D eigenvalue weighted by molar-refractivity contribution is 7.99. The Kier molecular flexibility index (Phi) is 5.75. The Hall–Kier alpha value is -1.88. The Labute approximate surface area is 129 Å². The fourth-order valence-electron chi connectivity index (χ4n) is 1.73. The third-order valence-electron chi connectivity index (χ3n) is 2.91. The third kappa shape index (κ3) is 4.86. The molecule has 1 amide bonds. The van der Waals surface area contributed by atoms with Gasteiger partial charge < -0.3 is 5.32 Å². The van der Waals surface area contributed by atoms with Gasteiger partial charge in [0.05, 0.1) is 11.4 Å². The molecule has 0 unspecified atom stereocenters. The maximum Gasteiger partial charge on any atom is 0.230 e. The summed E-state index contributed by atoms with van der Waals surface area (Å²) >= 11 is 1.40. The summed E-state index contributed by atoms with van der Waals surface area (Å²) in [6.07, 6.45) is 0.946. The number of carbonyl (C=O) groups excluding carboxylic acids is 1. The number of amides is 1. The molecular weight excluding hydrogens is 282 g/mol. The van der Waals surface area contributed by atoms with E-state index in [2.05, 4.69) is 34.6 Å². The van der Waals surface area contributed by atoms with Gasteiger partial charge in [-0.3, -0.25) is 4.79 Å². The first-order valence-electron chi connectivity index (χ1n) is 6.99. The van der Waals surface area contributed by atoms with Crippen LogP contribution >= 0.6 is 11.8 Å². The van der Waals surface area contributed by atoms with Crippen LogP contribution in [0.2, 0.25) is 0 Å². The Bertz CT molecular complexity index is 581. The molecule has 0 fully saturated rings. The normalized spacial score (nSPS) is 10.4. The van der Waals surface area contributed by atoms with Gasteiger partial charge in [-0.2, -0.15) is 0 Å². The minimum absolute atomic E-state index is 0.0336. The van der Waals surface area contributed by atoms with E-state index >= 15 is 0 Å². The number of carbonyl (C=O) groups is 1. The summed E-state index contributed by atoms with van der Waals surface area (Å²) in [7, 11) is 0. The molecule has 0 saturated heterocycles. The summed E-state index contributed by atoms with van der Waals surface area (Å²) < 4.78 is 0. The standard InChI is InChI=1S/C16H19N3OS/c1-3-10-17-15(20)11-21-16-9-8-14(18-19-16)13-6-4-12(2)5-7-13/h4-9H,3,10-11H2,1-2H3,(H,17,20). The zero-order valence-corrected chi connectivity index (χ0v) is 13.1. The van der Waals surface area contributed by atoms with Crippen LogP contribution in [-0.4, -0.2) is 28.4 Å². The quantitative estimate of drug-likeness (QED) is 0.833. The molecule has 1 heterocycles. The SMILES string of the molecule is CCCNC(=O)CSc1ccc(-c2ccc(C)cc2)nn1. The van der Waals surface area contributed by atoms with Gasteiger partial charge in [-0.15, -0.1) is 10.2 Å². The van der Waals surface area contributed by atoms with Crippen molar-refractivity contribution in [1.29, 1.82) is 0 Å². The number of rotatable bonds is 6. The molecule has 0 radical (unpaired) electrons. The van der Waals surface area contributed by atoms with Crippen molar-refractivity contribution in [3.8, 4) is 11.3 Å². The van der Waals surface area contributed by atoms with E-state index in [-0.39, 0.29) is 5.91 Å². The fraction of sp³-hybridized carbons (Fsp3) is 0.312. The molecule has 0 atom stereocenters. The molecule has 1 aromatic heterocycles. The number of hydrogen-bond acceptors (Lipinski definition) is 4. The van der Waals surface area contributed by atoms with Gasteiger partial charge in [0.2, 0.25) is 5.91 Å². The van der Waals surface area contributed by atoms with E-state index in [4.69, 9.17) is 0 Å². The van der Waals surface area contributed by atoms with E-state index in [1.165, 1.54) is 17.3 Å². The van der Waals surface area contributed by atoms with Crippen molar-refractivity contribution in [1.82, 2.24) is 15.5 Å². The van der Waals surface area contributed by atoms with Gasteiger partial charge in [0.25, 0.3) is 0 Å². The van der Waals surface area contributed by atoms with Crippen molar-refractivity contribution in [2.75, 3.05) is 12.3 Å². The zero-order chi connectivity index (χ0) is 15.1. The van der Waals surface area contributed by atoms with Crippen molar-refractivity contribution < 1.29 is 4.79 Å². The van der Waals surface area contributed by atoms with Crippen LogP contribution in [0, 0.1) is 6.92 Å². The lowest BCUT2D eigenvalue weighted by Gasteiger charge is -2.04.